The monoisotopic (exact) mass is 641 g/mol. The molecule has 0 radical (unpaired) electrons. The van der Waals surface area contributed by atoms with Crippen LogP contribution in [0.25, 0.3) is 0 Å². The Morgan fingerprint density at radius 3 is 2.49 bits per heavy atom. The van der Waals surface area contributed by atoms with Gasteiger partial charge in [0, 0.05) is 41.6 Å². The van der Waals surface area contributed by atoms with Crippen molar-refractivity contribution in [3.8, 4) is 5.75 Å². The molecule has 3 N–H and O–H groups in total. The SMILES string of the molecule is C=CCNNC(=O)[C@@]1(CCS(=O)(=O)c2ccccc2)N=C(c2ccc(OCCCO)cc2)O[C@H]1c1ccccc1Br. The molecule has 3 aromatic carbocycles. The Balaban J connectivity index is 1.76. The number of nitrogens with one attached hydrogen (secondary N) is 2. The second kappa shape index (κ2) is 13.9. The second-order valence-electron chi connectivity index (χ2n) is 9.32. The summed E-state index contributed by atoms with van der Waals surface area (Å²) < 4.78 is 39.4. The number of rotatable bonds is 14. The number of aliphatic hydroxyl groups excluding tert-OH is 1. The van der Waals surface area contributed by atoms with Gasteiger partial charge in [-0.15, -0.1) is 6.58 Å². The Morgan fingerprint density at radius 1 is 1.10 bits per heavy atom. The summed E-state index contributed by atoms with van der Waals surface area (Å²) in [5, 5.41) is 9.00. The predicted molar refractivity (Wildman–Crippen MR) is 160 cm³/mol. The first-order valence-corrected chi connectivity index (χ1v) is 15.5. The van der Waals surface area contributed by atoms with E-state index in [2.05, 4.69) is 33.4 Å². The van der Waals surface area contributed by atoms with Crippen LogP contribution >= 0.6 is 15.9 Å². The molecule has 9 nitrogen and oxygen atoms in total. The Labute approximate surface area is 248 Å². The van der Waals surface area contributed by atoms with Crippen molar-refractivity contribution in [3.63, 3.8) is 0 Å². The molecule has 1 aliphatic rings. The van der Waals surface area contributed by atoms with Crippen molar-refractivity contribution < 1.29 is 27.8 Å². The van der Waals surface area contributed by atoms with Crippen LogP contribution in [0.4, 0.5) is 0 Å². The van der Waals surface area contributed by atoms with Crippen LogP contribution < -0.4 is 15.6 Å². The molecule has 41 heavy (non-hydrogen) atoms. The van der Waals surface area contributed by atoms with Gasteiger partial charge in [0.15, 0.2) is 21.5 Å². The Morgan fingerprint density at radius 2 is 1.80 bits per heavy atom. The number of ether oxygens (including phenoxy) is 2. The lowest BCUT2D eigenvalue weighted by atomic mass is 9.85. The minimum Gasteiger partial charge on any atom is -0.494 e. The highest BCUT2D eigenvalue weighted by Crippen LogP contribution is 2.45. The van der Waals surface area contributed by atoms with Crippen molar-refractivity contribution in [1.82, 2.24) is 10.9 Å². The minimum atomic E-state index is -3.75. The van der Waals surface area contributed by atoms with Crippen LogP contribution in [0, 0.1) is 0 Å². The molecule has 216 valence electrons. The topological polar surface area (TPSA) is 126 Å². The van der Waals surface area contributed by atoms with Crippen LogP contribution in [-0.4, -0.2) is 56.4 Å². The van der Waals surface area contributed by atoms with Gasteiger partial charge in [-0.25, -0.2) is 18.8 Å². The summed E-state index contributed by atoms with van der Waals surface area (Å²) in [6.45, 7) is 4.35. The number of hydrogen-bond acceptors (Lipinski definition) is 8. The first-order valence-electron chi connectivity index (χ1n) is 13.1. The summed E-state index contributed by atoms with van der Waals surface area (Å²) in [5.41, 5.74) is 5.08. The average molecular weight is 643 g/mol. The van der Waals surface area contributed by atoms with E-state index in [-0.39, 0.29) is 29.6 Å². The zero-order valence-corrected chi connectivity index (χ0v) is 24.7. The second-order valence-corrected chi connectivity index (χ2v) is 12.3. The van der Waals surface area contributed by atoms with Crippen molar-refractivity contribution in [2.45, 2.75) is 29.4 Å². The van der Waals surface area contributed by atoms with E-state index in [9.17, 15) is 13.2 Å². The van der Waals surface area contributed by atoms with Gasteiger partial charge in [0.05, 0.1) is 17.3 Å². The molecule has 1 amide bonds. The van der Waals surface area contributed by atoms with Gasteiger partial charge >= 0.3 is 0 Å². The normalized spacial score (nSPS) is 18.3. The molecule has 0 unspecified atom stereocenters. The molecule has 0 aromatic heterocycles. The van der Waals surface area contributed by atoms with E-state index in [0.29, 0.717) is 40.9 Å². The lowest BCUT2D eigenvalue weighted by Gasteiger charge is -2.31. The number of halogens is 1. The quantitative estimate of drug-likeness (QED) is 0.137. The van der Waals surface area contributed by atoms with Crippen molar-refractivity contribution in [2.75, 3.05) is 25.5 Å². The summed E-state index contributed by atoms with van der Waals surface area (Å²) >= 11 is 3.57. The summed E-state index contributed by atoms with van der Waals surface area (Å²) in [4.78, 5) is 18.9. The van der Waals surface area contributed by atoms with Crippen LogP contribution in [0.2, 0.25) is 0 Å². The Bertz CT molecular complexity index is 1480. The number of carbonyl (C=O) groups excluding carboxylic acids is 1. The zero-order chi connectivity index (χ0) is 29.3. The smallest absolute Gasteiger partial charge is 0.266 e. The fourth-order valence-electron chi connectivity index (χ4n) is 4.38. The highest BCUT2D eigenvalue weighted by molar-refractivity contribution is 9.10. The number of aliphatic imine (C=N–C) groups is 1. The zero-order valence-electron chi connectivity index (χ0n) is 22.3. The molecular weight excluding hydrogens is 610 g/mol. The fourth-order valence-corrected chi connectivity index (χ4v) is 6.26. The first kappa shape index (κ1) is 30.4. The van der Waals surface area contributed by atoms with Gasteiger partial charge in [0.2, 0.25) is 5.90 Å². The molecule has 0 saturated heterocycles. The number of hydrazine groups is 1. The number of sulfone groups is 1. The van der Waals surface area contributed by atoms with E-state index >= 15 is 0 Å². The molecule has 0 aliphatic carbocycles. The van der Waals surface area contributed by atoms with Gasteiger partial charge < -0.3 is 14.6 Å². The standard InChI is InChI=1S/C30H32BrN3O6S/c1-2-18-32-34-29(36)30(17-21-41(37,38)24-9-4-3-5-10-24)27(25-11-6-7-12-26(25)31)40-28(33-30)22-13-15-23(16-14-22)39-20-8-19-35/h2-7,9-16,27,32,35H,1,8,17-21H2,(H,34,36)/t27-,30-/m0/s1. The van der Waals surface area contributed by atoms with Crippen LogP contribution in [0.5, 0.6) is 5.75 Å². The minimum absolute atomic E-state index is 0.0327. The summed E-state index contributed by atoms with van der Waals surface area (Å²) in [7, 11) is -3.75. The molecule has 3 aromatic rings. The average Bonchev–Trinajstić information content (AvgIpc) is 3.38. The number of amides is 1. The molecule has 0 bridgehead atoms. The maximum atomic E-state index is 13.9. The lowest BCUT2D eigenvalue weighted by Crippen LogP contribution is -2.53. The van der Waals surface area contributed by atoms with Crippen LogP contribution in [-0.2, 0) is 19.4 Å². The highest BCUT2D eigenvalue weighted by atomic mass is 79.9. The van der Waals surface area contributed by atoms with Gasteiger partial charge in [-0.05, 0) is 42.5 Å². The summed E-state index contributed by atoms with van der Waals surface area (Å²) in [6, 6.07) is 22.4. The molecule has 0 spiro atoms. The summed E-state index contributed by atoms with van der Waals surface area (Å²) in [6.07, 6.45) is 1.01. The Hall–Kier alpha value is -3.51. The Kier molecular flexibility index (Phi) is 10.3. The lowest BCUT2D eigenvalue weighted by molar-refractivity contribution is -0.130. The van der Waals surface area contributed by atoms with Crippen LogP contribution in [0.1, 0.15) is 30.1 Å². The van der Waals surface area contributed by atoms with E-state index in [1.807, 2.05) is 24.3 Å². The third-order valence-electron chi connectivity index (χ3n) is 6.52. The number of hydrogen-bond donors (Lipinski definition) is 3. The molecule has 1 aliphatic heterocycles. The molecule has 4 rings (SSSR count). The van der Waals surface area contributed by atoms with Gasteiger partial charge in [0.25, 0.3) is 5.91 Å². The number of carbonyl (C=O) groups is 1. The van der Waals surface area contributed by atoms with Crippen molar-refractivity contribution in [2.24, 2.45) is 4.99 Å². The third kappa shape index (κ3) is 7.23. The highest BCUT2D eigenvalue weighted by Gasteiger charge is 2.54. The van der Waals surface area contributed by atoms with Crippen LogP contribution in [0.15, 0.2) is 106 Å². The largest absolute Gasteiger partial charge is 0.494 e. The molecule has 2 atom stereocenters. The van der Waals surface area contributed by atoms with E-state index in [1.54, 1.807) is 48.5 Å². The van der Waals surface area contributed by atoms with E-state index < -0.39 is 27.4 Å². The summed E-state index contributed by atoms with van der Waals surface area (Å²) in [5.74, 6) is -0.0781. The fraction of sp³-hybridized carbons (Fsp3) is 0.267. The van der Waals surface area contributed by atoms with Gasteiger partial charge in [-0.2, -0.15) is 0 Å². The van der Waals surface area contributed by atoms with Crippen molar-refractivity contribution >= 4 is 37.6 Å². The van der Waals surface area contributed by atoms with Gasteiger partial charge in [0.1, 0.15) is 5.75 Å². The van der Waals surface area contributed by atoms with Crippen molar-refractivity contribution in [1.29, 1.82) is 0 Å². The van der Waals surface area contributed by atoms with Gasteiger partial charge in [-0.1, -0.05) is 58.4 Å². The van der Waals surface area contributed by atoms with Crippen LogP contribution in [0.3, 0.4) is 0 Å². The first-order chi connectivity index (χ1) is 19.8. The molecular formula is C30H32BrN3O6S. The predicted octanol–water partition coefficient (Wildman–Crippen LogP) is 4.14. The third-order valence-corrected chi connectivity index (χ3v) is 8.97. The number of nitrogens with zero attached hydrogens (tertiary/aromatic N) is 1. The van der Waals surface area contributed by atoms with E-state index in [4.69, 9.17) is 19.6 Å². The number of benzene rings is 3. The molecule has 0 saturated carbocycles. The van der Waals surface area contributed by atoms with E-state index in [1.165, 1.54) is 12.1 Å². The molecule has 11 heteroatoms. The van der Waals surface area contributed by atoms with E-state index in [0.717, 1.165) is 0 Å². The maximum absolute atomic E-state index is 13.9. The maximum Gasteiger partial charge on any atom is 0.266 e. The van der Waals surface area contributed by atoms with Gasteiger partial charge in [-0.3, -0.25) is 10.2 Å². The molecule has 1 heterocycles. The number of aliphatic hydroxyl groups is 1. The van der Waals surface area contributed by atoms with Crippen molar-refractivity contribution in [3.05, 3.63) is 107 Å². The molecule has 0 fully saturated rings.